The van der Waals surface area contributed by atoms with E-state index in [9.17, 15) is 0 Å². The molecule has 0 aliphatic rings. The number of nitrogens with zero attached hydrogens (tertiary/aromatic N) is 1. The molecule has 0 radical (unpaired) electrons. The summed E-state index contributed by atoms with van der Waals surface area (Å²) in [5.74, 6) is 0.853. The van der Waals surface area contributed by atoms with Crippen LogP contribution in [0.4, 0.5) is 11.4 Å². The lowest BCUT2D eigenvalue weighted by atomic mass is 10.1. The number of ether oxygens (including phenoxy) is 1. The van der Waals surface area contributed by atoms with Gasteiger partial charge in [-0.15, -0.1) is 0 Å². The van der Waals surface area contributed by atoms with Gasteiger partial charge in [-0.05, 0) is 37.3 Å². The summed E-state index contributed by atoms with van der Waals surface area (Å²) in [6, 6.07) is 25.0. The second-order valence-electron chi connectivity index (χ2n) is 6.90. The summed E-state index contributed by atoms with van der Waals surface area (Å²) in [5, 5.41) is 6.04. The predicted molar refractivity (Wildman–Crippen MR) is 115 cm³/mol. The number of anilines is 2. The lowest BCUT2D eigenvalue weighted by Gasteiger charge is -2.14. The molecule has 4 nitrogen and oxygen atoms in total. The third kappa shape index (κ3) is 3.19. The van der Waals surface area contributed by atoms with Crippen molar-refractivity contribution in [2.24, 2.45) is 7.05 Å². The van der Waals surface area contributed by atoms with Crippen LogP contribution in [0.25, 0.3) is 32.8 Å². The Labute approximate surface area is 186 Å². The first-order chi connectivity index (χ1) is 13.8. The number of halogens is 1. The van der Waals surface area contributed by atoms with Gasteiger partial charge in [-0.25, -0.2) is 0 Å². The zero-order valence-corrected chi connectivity index (χ0v) is 18.5. The molecule has 0 saturated heterocycles. The van der Waals surface area contributed by atoms with Gasteiger partial charge in [0.2, 0.25) is 11.0 Å². The van der Waals surface area contributed by atoms with E-state index in [4.69, 9.17) is 4.74 Å². The molecule has 146 valence electrons. The fourth-order valence-corrected chi connectivity index (χ4v) is 4.00. The highest BCUT2D eigenvalue weighted by atomic mass is 127. The highest BCUT2D eigenvalue weighted by Gasteiger charge is 2.22. The fraction of sp³-hybridized carbons (Fsp3) is 0.125. The number of nitrogens with one attached hydrogen (secondary N) is 2. The Morgan fingerprint density at radius 3 is 2.41 bits per heavy atom. The van der Waals surface area contributed by atoms with Gasteiger partial charge in [-0.2, -0.15) is 4.57 Å². The van der Waals surface area contributed by atoms with Crippen LogP contribution in [0.3, 0.4) is 0 Å². The fourth-order valence-electron chi connectivity index (χ4n) is 4.00. The summed E-state index contributed by atoms with van der Waals surface area (Å²) in [7, 11) is 2.13. The minimum Gasteiger partial charge on any atom is -1.00 e. The van der Waals surface area contributed by atoms with E-state index >= 15 is 0 Å². The van der Waals surface area contributed by atoms with Crippen molar-refractivity contribution in [2.45, 2.75) is 6.92 Å². The van der Waals surface area contributed by atoms with Crippen LogP contribution in [0.5, 0.6) is 5.75 Å². The largest absolute Gasteiger partial charge is 1.00 e. The number of aromatic amines is 1. The van der Waals surface area contributed by atoms with Gasteiger partial charge < -0.3 is 39.0 Å². The Hall–Kier alpha value is -2.80. The molecule has 0 aliphatic heterocycles. The van der Waals surface area contributed by atoms with Gasteiger partial charge in [0.15, 0.2) is 0 Å². The molecule has 0 amide bonds. The molecule has 2 aromatic heterocycles. The lowest BCUT2D eigenvalue weighted by molar-refractivity contribution is -0.616. The number of para-hydroxylation sites is 4. The molecule has 0 fully saturated rings. The Kier molecular flexibility index (Phi) is 5.32. The van der Waals surface area contributed by atoms with E-state index in [1.165, 1.54) is 16.4 Å². The smallest absolute Gasteiger partial charge is 0.240 e. The van der Waals surface area contributed by atoms with Crippen LogP contribution >= 0.6 is 0 Å². The SMILES string of the molecule is CCOc1ccccc1Nc1c2ccccc2[n+](C)c2c1[nH]c1ccccc12.[I-]. The topological polar surface area (TPSA) is 40.9 Å². The zero-order valence-electron chi connectivity index (χ0n) is 16.4. The average Bonchev–Trinajstić information content (AvgIpc) is 3.12. The summed E-state index contributed by atoms with van der Waals surface area (Å²) in [6.45, 7) is 2.63. The molecule has 2 heterocycles. The van der Waals surface area contributed by atoms with Crippen LogP contribution in [0, 0.1) is 0 Å². The van der Waals surface area contributed by atoms with Crippen molar-refractivity contribution in [3.05, 3.63) is 72.8 Å². The number of hydrogen-bond donors (Lipinski definition) is 2. The van der Waals surface area contributed by atoms with Gasteiger partial charge in [0.25, 0.3) is 0 Å². The lowest BCUT2D eigenvalue weighted by Crippen LogP contribution is -3.00. The van der Waals surface area contributed by atoms with E-state index in [0.29, 0.717) is 6.61 Å². The van der Waals surface area contributed by atoms with Crippen molar-refractivity contribution in [1.29, 1.82) is 0 Å². The van der Waals surface area contributed by atoms with E-state index in [-0.39, 0.29) is 24.0 Å². The summed E-state index contributed by atoms with van der Waals surface area (Å²) in [5.41, 5.74) is 6.61. The number of pyridine rings is 1. The van der Waals surface area contributed by atoms with E-state index in [0.717, 1.165) is 33.5 Å². The summed E-state index contributed by atoms with van der Waals surface area (Å²) in [4.78, 5) is 3.63. The molecule has 29 heavy (non-hydrogen) atoms. The quantitative estimate of drug-likeness (QED) is 0.297. The Balaban J connectivity index is 0.00000205. The van der Waals surface area contributed by atoms with E-state index in [1.807, 2.05) is 25.1 Å². The monoisotopic (exact) mass is 495 g/mol. The molecule has 5 rings (SSSR count). The zero-order chi connectivity index (χ0) is 19.1. The minimum absolute atomic E-state index is 0. The third-order valence-electron chi connectivity index (χ3n) is 5.25. The summed E-state index contributed by atoms with van der Waals surface area (Å²) < 4.78 is 8.11. The molecular formula is C24H22IN3O. The summed E-state index contributed by atoms with van der Waals surface area (Å²) in [6.07, 6.45) is 0. The summed E-state index contributed by atoms with van der Waals surface area (Å²) >= 11 is 0. The Morgan fingerprint density at radius 2 is 1.59 bits per heavy atom. The highest BCUT2D eigenvalue weighted by molar-refractivity contribution is 6.13. The van der Waals surface area contributed by atoms with Crippen molar-refractivity contribution in [1.82, 2.24) is 4.98 Å². The van der Waals surface area contributed by atoms with Crippen LogP contribution < -0.4 is 38.6 Å². The molecule has 2 N–H and O–H groups in total. The number of aryl methyl sites for hydroxylation is 1. The first kappa shape index (κ1) is 19.5. The highest BCUT2D eigenvalue weighted by Crippen LogP contribution is 2.37. The minimum atomic E-state index is 0. The van der Waals surface area contributed by atoms with Crippen LogP contribution in [0.1, 0.15) is 6.92 Å². The van der Waals surface area contributed by atoms with Crippen LogP contribution in [-0.2, 0) is 7.05 Å². The van der Waals surface area contributed by atoms with Crippen molar-refractivity contribution >= 4 is 44.2 Å². The van der Waals surface area contributed by atoms with Gasteiger partial charge in [0, 0.05) is 6.07 Å². The third-order valence-corrected chi connectivity index (χ3v) is 5.25. The van der Waals surface area contributed by atoms with Gasteiger partial charge in [-0.1, -0.05) is 36.4 Å². The van der Waals surface area contributed by atoms with E-state index in [2.05, 4.69) is 76.5 Å². The Bertz CT molecular complexity index is 1330. The maximum Gasteiger partial charge on any atom is 0.240 e. The van der Waals surface area contributed by atoms with Crippen LogP contribution in [-0.4, -0.2) is 11.6 Å². The second kappa shape index (κ2) is 7.91. The van der Waals surface area contributed by atoms with E-state index < -0.39 is 0 Å². The van der Waals surface area contributed by atoms with E-state index in [1.54, 1.807) is 0 Å². The second-order valence-corrected chi connectivity index (χ2v) is 6.90. The maximum absolute atomic E-state index is 5.84. The molecule has 0 aliphatic carbocycles. The number of rotatable bonds is 4. The number of benzene rings is 3. The predicted octanol–water partition coefficient (Wildman–Crippen LogP) is 2.45. The van der Waals surface area contributed by atoms with Gasteiger partial charge >= 0.3 is 0 Å². The van der Waals surface area contributed by atoms with Crippen molar-refractivity contribution in [2.75, 3.05) is 11.9 Å². The molecular weight excluding hydrogens is 473 g/mol. The van der Waals surface area contributed by atoms with Crippen LogP contribution in [0.15, 0.2) is 72.8 Å². The van der Waals surface area contributed by atoms with Crippen molar-refractivity contribution in [3.63, 3.8) is 0 Å². The molecule has 3 aromatic carbocycles. The molecule has 0 bridgehead atoms. The maximum atomic E-state index is 5.84. The average molecular weight is 495 g/mol. The molecule has 0 atom stereocenters. The van der Waals surface area contributed by atoms with Gasteiger partial charge in [0.1, 0.15) is 18.3 Å². The number of fused-ring (bicyclic) bond motifs is 4. The molecule has 5 aromatic rings. The van der Waals surface area contributed by atoms with Crippen molar-refractivity contribution in [3.8, 4) is 5.75 Å². The van der Waals surface area contributed by atoms with Gasteiger partial charge in [0.05, 0.1) is 34.3 Å². The number of aromatic nitrogens is 2. The first-order valence-corrected chi connectivity index (χ1v) is 9.58. The number of hydrogen-bond acceptors (Lipinski definition) is 2. The first-order valence-electron chi connectivity index (χ1n) is 9.58. The van der Waals surface area contributed by atoms with Gasteiger partial charge in [-0.3, -0.25) is 0 Å². The number of H-pyrrole nitrogens is 1. The molecule has 0 spiro atoms. The molecule has 0 unspecified atom stereocenters. The van der Waals surface area contributed by atoms with Crippen molar-refractivity contribution < 1.29 is 33.3 Å². The standard InChI is InChI=1S/C24H21N3O.HI/c1-3-28-21-15-9-7-13-19(21)26-22-17-11-5-8-14-20(17)27(2)24-16-10-4-6-12-18(16)25-23(22)24;/h4-15H,3H2,1-2H3,(H,25,26);1H. The molecule has 0 saturated carbocycles. The van der Waals surface area contributed by atoms with Crippen LogP contribution in [0.2, 0.25) is 0 Å². The Morgan fingerprint density at radius 1 is 0.897 bits per heavy atom. The molecule has 5 heteroatoms. The normalized spacial score (nSPS) is 11.0.